The summed E-state index contributed by atoms with van der Waals surface area (Å²) in [6.07, 6.45) is 7.85. The Labute approximate surface area is 231 Å². The van der Waals surface area contributed by atoms with E-state index in [0.717, 1.165) is 105 Å². The van der Waals surface area contributed by atoms with Gasteiger partial charge in [-0.1, -0.05) is 48.5 Å². The van der Waals surface area contributed by atoms with Crippen LogP contribution in [0.25, 0.3) is 21.5 Å². The van der Waals surface area contributed by atoms with Crippen LogP contribution in [0.3, 0.4) is 0 Å². The SMILES string of the molecule is O=C(c1c2ccccc2cc2ccccc12)N1CCC(N2CCC[C@@H](C(=O)N3CCCCC3CCO)C2)CC1. The maximum atomic E-state index is 14.0. The van der Waals surface area contributed by atoms with Gasteiger partial charge in [0.1, 0.15) is 0 Å². The highest BCUT2D eigenvalue weighted by Crippen LogP contribution is 2.32. The number of rotatable bonds is 5. The van der Waals surface area contributed by atoms with E-state index in [1.165, 1.54) is 0 Å². The van der Waals surface area contributed by atoms with Crippen LogP contribution >= 0.6 is 0 Å². The van der Waals surface area contributed by atoms with Gasteiger partial charge in [0.15, 0.2) is 0 Å². The molecule has 3 saturated heterocycles. The topological polar surface area (TPSA) is 64.1 Å². The Hall–Kier alpha value is -2.96. The predicted octanol–water partition coefficient (Wildman–Crippen LogP) is 5.07. The van der Waals surface area contributed by atoms with Gasteiger partial charge in [0.2, 0.25) is 5.91 Å². The first kappa shape index (κ1) is 26.3. The minimum Gasteiger partial charge on any atom is -0.396 e. The smallest absolute Gasteiger partial charge is 0.255 e. The zero-order valence-electron chi connectivity index (χ0n) is 22.9. The Kier molecular flexibility index (Phi) is 7.85. The predicted molar refractivity (Wildman–Crippen MR) is 156 cm³/mol. The molecule has 3 heterocycles. The number of fused-ring (bicyclic) bond motifs is 2. The summed E-state index contributed by atoms with van der Waals surface area (Å²) in [5, 5.41) is 13.8. The monoisotopic (exact) mass is 527 g/mol. The quantitative estimate of drug-likeness (QED) is 0.471. The van der Waals surface area contributed by atoms with Crippen molar-refractivity contribution in [1.29, 1.82) is 0 Å². The molecule has 6 nitrogen and oxygen atoms in total. The number of hydrogen-bond acceptors (Lipinski definition) is 4. The lowest BCUT2D eigenvalue weighted by atomic mass is 9.90. The van der Waals surface area contributed by atoms with Crippen molar-refractivity contribution in [3.63, 3.8) is 0 Å². The van der Waals surface area contributed by atoms with Gasteiger partial charge in [0.05, 0.1) is 11.5 Å². The van der Waals surface area contributed by atoms with Crippen LogP contribution in [0, 0.1) is 5.92 Å². The van der Waals surface area contributed by atoms with Crippen molar-refractivity contribution < 1.29 is 14.7 Å². The van der Waals surface area contributed by atoms with Crippen LogP contribution < -0.4 is 0 Å². The van der Waals surface area contributed by atoms with E-state index in [1.807, 2.05) is 29.2 Å². The molecule has 206 valence electrons. The van der Waals surface area contributed by atoms with E-state index < -0.39 is 0 Å². The second kappa shape index (κ2) is 11.6. The number of hydrogen-bond donors (Lipinski definition) is 1. The van der Waals surface area contributed by atoms with Gasteiger partial charge in [0, 0.05) is 44.9 Å². The molecule has 6 heteroatoms. The lowest BCUT2D eigenvalue weighted by molar-refractivity contribution is -0.142. The second-order valence-corrected chi connectivity index (χ2v) is 11.7. The van der Waals surface area contributed by atoms with E-state index in [-0.39, 0.29) is 24.5 Å². The summed E-state index contributed by atoms with van der Waals surface area (Å²) in [5.74, 6) is 0.487. The third-order valence-corrected chi connectivity index (χ3v) is 9.43. The molecular weight excluding hydrogens is 486 g/mol. The second-order valence-electron chi connectivity index (χ2n) is 11.7. The van der Waals surface area contributed by atoms with Gasteiger partial charge < -0.3 is 14.9 Å². The maximum Gasteiger partial charge on any atom is 0.255 e. The largest absolute Gasteiger partial charge is 0.396 e. The minimum absolute atomic E-state index is 0.0553. The van der Waals surface area contributed by atoms with Gasteiger partial charge in [-0.3, -0.25) is 14.5 Å². The summed E-state index contributed by atoms with van der Waals surface area (Å²) >= 11 is 0. The van der Waals surface area contributed by atoms with E-state index in [0.29, 0.717) is 18.4 Å². The van der Waals surface area contributed by atoms with Gasteiger partial charge in [-0.05, 0) is 85.5 Å². The average Bonchev–Trinajstić information content (AvgIpc) is 3.00. The molecule has 0 spiro atoms. The van der Waals surface area contributed by atoms with Crippen molar-refractivity contribution in [3.05, 3.63) is 60.2 Å². The normalized spacial score (nSPS) is 23.4. The zero-order valence-corrected chi connectivity index (χ0v) is 22.9. The molecule has 6 rings (SSSR count). The molecule has 0 saturated carbocycles. The fourth-order valence-corrected chi connectivity index (χ4v) is 7.35. The van der Waals surface area contributed by atoms with E-state index in [4.69, 9.17) is 0 Å². The number of nitrogens with zero attached hydrogens (tertiary/aromatic N) is 3. The van der Waals surface area contributed by atoms with Crippen LogP contribution in [0.5, 0.6) is 0 Å². The fourth-order valence-electron chi connectivity index (χ4n) is 7.35. The molecule has 0 bridgehead atoms. The Balaban J connectivity index is 1.13. The van der Waals surface area contributed by atoms with Crippen LogP contribution in [-0.4, -0.2) is 83.0 Å². The summed E-state index contributed by atoms with van der Waals surface area (Å²) in [6.45, 7) is 4.35. The summed E-state index contributed by atoms with van der Waals surface area (Å²) in [6, 6.07) is 19.2. The highest BCUT2D eigenvalue weighted by molar-refractivity contribution is 6.18. The molecule has 39 heavy (non-hydrogen) atoms. The Morgan fingerprint density at radius 2 is 1.49 bits per heavy atom. The Morgan fingerprint density at radius 1 is 0.795 bits per heavy atom. The number of aliphatic hydroxyl groups is 1. The van der Waals surface area contributed by atoms with E-state index in [1.54, 1.807) is 0 Å². The number of likely N-dealkylation sites (tertiary alicyclic amines) is 3. The number of carbonyl (C=O) groups is 2. The average molecular weight is 528 g/mol. The lowest BCUT2D eigenvalue weighted by Gasteiger charge is -2.44. The van der Waals surface area contributed by atoms with Crippen LogP contribution in [0.2, 0.25) is 0 Å². The van der Waals surface area contributed by atoms with Gasteiger partial charge in [-0.25, -0.2) is 0 Å². The standard InChI is InChI=1S/C33H41N3O3/c37-21-16-28-11-5-6-18-36(28)32(38)26-10-7-17-35(23-26)27-14-19-34(20-15-27)33(39)31-29-12-3-1-8-24(29)22-25-9-2-4-13-30(25)31/h1-4,8-9,12-13,22,26-28,37H,5-7,10-11,14-21,23H2/t26-,28?/m1/s1. The van der Waals surface area contributed by atoms with Crippen LogP contribution in [0.4, 0.5) is 0 Å². The van der Waals surface area contributed by atoms with E-state index in [2.05, 4.69) is 40.1 Å². The Morgan fingerprint density at radius 3 is 2.18 bits per heavy atom. The molecule has 3 fully saturated rings. The van der Waals surface area contributed by atoms with E-state index in [9.17, 15) is 14.7 Å². The van der Waals surface area contributed by atoms with Crippen LogP contribution in [-0.2, 0) is 4.79 Å². The molecule has 2 amide bonds. The third kappa shape index (κ3) is 5.29. The number of benzene rings is 3. The van der Waals surface area contributed by atoms with E-state index >= 15 is 0 Å². The highest BCUT2D eigenvalue weighted by Gasteiger charge is 2.36. The minimum atomic E-state index is 0.0553. The molecule has 1 N–H and O–H groups in total. The zero-order chi connectivity index (χ0) is 26.8. The van der Waals surface area contributed by atoms with Gasteiger partial charge in [-0.15, -0.1) is 0 Å². The molecule has 2 atom stereocenters. The molecule has 3 aromatic rings. The summed E-state index contributed by atoms with van der Waals surface area (Å²) in [7, 11) is 0. The molecule has 0 radical (unpaired) electrons. The van der Waals surface area contributed by atoms with Crippen molar-refractivity contribution in [2.24, 2.45) is 5.92 Å². The molecule has 0 aliphatic carbocycles. The summed E-state index contributed by atoms with van der Waals surface area (Å²) < 4.78 is 0. The number of carbonyl (C=O) groups excluding carboxylic acids is 2. The van der Waals surface area contributed by atoms with Crippen molar-refractivity contribution in [2.75, 3.05) is 39.3 Å². The number of piperidine rings is 3. The summed E-state index contributed by atoms with van der Waals surface area (Å²) in [4.78, 5) is 34.2. The van der Waals surface area contributed by atoms with Crippen molar-refractivity contribution in [1.82, 2.24) is 14.7 Å². The molecular formula is C33H41N3O3. The van der Waals surface area contributed by atoms with Crippen molar-refractivity contribution in [2.45, 2.75) is 63.5 Å². The van der Waals surface area contributed by atoms with Crippen LogP contribution in [0.1, 0.15) is 61.7 Å². The third-order valence-electron chi connectivity index (χ3n) is 9.43. The van der Waals surface area contributed by atoms with Crippen molar-refractivity contribution in [3.8, 4) is 0 Å². The Bertz CT molecular complexity index is 1280. The van der Waals surface area contributed by atoms with Crippen molar-refractivity contribution >= 4 is 33.4 Å². The fraction of sp³-hybridized carbons (Fsp3) is 0.515. The molecule has 1 unspecified atom stereocenters. The molecule has 3 aliphatic heterocycles. The lowest BCUT2D eigenvalue weighted by Crippen LogP contribution is -2.53. The summed E-state index contributed by atoms with van der Waals surface area (Å²) in [5.41, 5.74) is 0.824. The van der Waals surface area contributed by atoms with Gasteiger partial charge in [0.25, 0.3) is 5.91 Å². The molecule has 3 aromatic carbocycles. The molecule has 3 aliphatic rings. The first-order valence-corrected chi connectivity index (χ1v) is 15.0. The first-order chi connectivity index (χ1) is 19.1. The van der Waals surface area contributed by atoms with Crippen LogP contribution in [0.15, 0.2) is 54.6 Å². The highest BCUT2D eigenvalue weighted by atomic mass is 16.3. The maximum absolute atomic E-state index is 14.0. The van der Waals surface area contributed by atoms with Gasteiger partial charge >= 0.3 is 0 Å². The molecule has 0 aromatic heterocycles. The number of amides is 2. The first-order valence-electron chi connectivity index (χ1n) is 15.0. The van der Waals surface area contributed by atoms with Gasteiger partial charge in [-0.2, -0.15) is 0 Å². The number of aliphatic hydroxyl groups excluding tert-OH is 1.